The molecule has 3 fully saturated rings. The van der Waals surface area contributed by atoms with Crippen LogP contribution in [0.3, 0.4) is 0 Å². The van der Waals surface area contributed by atoms with Crippen LogP contribution in [0.25, 0.3) is 0 Å². The van der Waals surface area contributed by atoms with Crippen LogP contribution in [0.5, 0.6) is 0 Å². The Morgan fingerprint density at radius 3 is 2.60 bits per heavy atom. The summed E-state index contributed by atoms with van der Waals surface area (Å²) >= 11 is 0. The van der Waals surface area contributed by atoms with Crippen LogP contribution in [-0.2, 0) is 0 Å². The lowest BCUT2D eigenvalue weighted by atomic mass is 9.89. The third kappa shape index (κ3) is 2.36. The molecule has 108 valence electrons. The molecule has 0 radical (unpaired) electrons. The lowest BCUT2D eigenvalue weighted by molar-refractivity contribution is 0.348. The minimum Gasteiger partial charge on any atom is -0.373 e. The molecule has 3 saturated carbocycles. The second kappa shape index (κ2) is 4.90. The van der Waals surface area contributed by atoms with Gasteiger partial charge in [-0.3, -0.25) is 0 Å². The largest absolute Gasteiger partial charge is 0.373 e. The van der Waals surface area contributed by atoms with Crippen LogP contribution in [-0.4, -0.2) is 23.6 Å². The van der Waals surface area contributed by atoms with Gasteiger partial charge in [-0.05, 0) is 49.9 Å². The molecule has 3 unspecified atom stereocenters. The Balaban J connectivity index is 1.43. The highest BCUT2D eigenvalue weighted by molar-refractivity contribution is 5.47. The third-order valence-electron chi connectivity index (χ3n) is 5.37. The van der Waals surface area contributed by atoms with Crippen molar-refractivity contribution in [1.82, 2.24) is 9.97 Å². The summed E-state index contributed by atoms with van der Waals surface area (Å²) in [6.45, 7) is 1.09. The van der Waals surface area contributed by atoms with Crippen molar-refractivity contribution in [1.29, 1.82) is 0 Å². The first kappa shape index (κ1) is 12.4. The summed E-state index contributed by atoms with van der Waals surface area (Å²) in [6.07, 6.45) is 8.33. The summed E-state index contributed by atoms with van der Waals surface area (Å²) in [4.78, 5) is 9.27. The quantitative estimate of drug-likeness (QED) is 0.864. The van der Waals surface area contributed by atoms with Gasteiger partial charge in [-0.25, -0.2) is 9.97 Å². The van der Waals surface area contributed by atoms with Crippen molar-refractivity contribution < 1.29 is 0 Å². The Labute approximate surface area is 120 Å². The Morgan fingerprint density at radius 2 is 1.95 bits per heavy atom. The van der Waals surface area contributed by atoms with Crippen LogP contribution in [0.1, 0.15) is 50.3 Å². The van der Waals surface area contributed by atoms with Crippen LogP contribution in [0.2, 0.25) is 0 Å². The molecule has 3 atom stereocenters. The average molecular weight is 272 g/mol. The number of hydrogen-bond donors (Lipinski definition) is 2. The second-order valence-corrected chi connectivity index (χ2v) is 6.84. The summed E-state index contributed by atoms with van der Waals surface area (Å²) in [7, 11) is 1.93. The zero-order valence-electron chi connectivity index (χ0n) is 12.2. The number of aromatic nitrogens is 2. The predicted octanol–water partition coefficient (Wildman–Crippen LogP) is 3.24. The molecule has 0 aromatic carbocycles. The van der Waals surface area contributed by atoms with Gasteiger partial charge in [-0.1, -0.05) is 6.42 Å². The SMILES string of the molecule is CNc1cc(NCC2CC3CCC2C3)nc(C2CC2)n1. The van der Waals surface area contributed by atoms with Gasteiger partial charge in [0.25, 0.3) is 0 Å². The van der Waals surface area contributed by atoms with E-state index in [0.717, 1.165) is 41.8 Å². The number of hydrogen-bond acceptors (Lipinski definition) is 4. The van der Waals surface area contributed by atoms with Crippen molar-refractivity contribution in [2.45, 2.75) is 44.4 Å². The highest BCUT2D eigenvalue weighted by Crippen LogP contribution is 2.48. The first-order valence-electron chi connectivity index (χ1n) is 8.12. The van der Waals surface area contributed by atoms with Gasteiger partial charge >= 0.3 is 0 Å². The molecule has 4 nitrogen and oxygen atoms in total. The van der Waals surface area contributed by atoms with E-state index in [0.29, 0.717) is 5.92 Å². The van der Waals surface area contributed by atoms with Crippen LogP contribution >= 0.6 is 0 Å². The van der Waals surface area contributed by atoms with Crippen molar-refractivity contribution in [3.63, 3.8) is 0 Å². The van der Waals surface area contributed by atoms with E-state index in [9.17, 15) is 0 Å². The summed E-state index contributed by atoms with van der Waals surface area (Å²) in [6, 6.07) is 2.04. The monoisotopic (exact) mass is 272 g/mol. The maximum absolute atomic E-state index is 4.70. The number of nitrogens with one attached hydrogen (secondary N) is 2. The van der Waals surface area contributed by atoms with E-state index in [1.165, 1.54) is 38.5 Å². The van der Waals surface area contributed by atoms with Crippen molar-refractivity contribution in [3.05, 3.63) is 11.9 Å². The number of anilines is 2. The molecule has 4 heteroatoms. The summed E-state index contributed by atoms with van der Waals surface area (Å²) in [5.41, 5.74) is 0. The van der Waals surface area contributed by atoms with Crippen LogP contribution in [0.15, 0.2) is 6.07 Å². The highest BCUT2D eigenvalue weighted by Gasteiger charge is 2.39. The van der Waals surface area contributed by atoms with E-state index in [4.69, 9.17) is 4.98 Å². The van der Waals surface area contributed by atoms with Gasteiger partial charge in [0, 0.05) is 25.6 Å². The Hall–Kier alpha value is -1.32. The minimum atomic E-state index is 0.603. The van der Waals surface area contributed by atoms with Gasteiger partial charge < -0.3 is 10.6 Å². The standard InChI is InChI=1S/C16H24N4/c1-17-14-8-15(20-16(19-14)11-4-5-11)18-9-13-7-10-2-3-12(13)6-10/h8,10-13H,2-7,9H2,1H3,(H2,17,18,19,20). The zero-order valence-corrected chi connectivity index (χ0v) is 12.2. The van der Waals surface area contributed by atoms with E-state index in [-0.39, 0.29) is 0 Å². The Morgan fingerprint density at radius 1 is 1.10 bits per heavy atom. The average Bonchev–Trinajstić information content (AvgIpc) is 3.14. The van der Waals surface area contributed by atoms with Crippen LogP contribution < -0.4 is 10.6 Å². The van der Waals surface area contributed by atoms with Gasteiger partial charge in [-0.15, -0.1) is 0 Å². The molecule has 2 N–H and O–H groups in total. The molecule has 20 heavy (non-hydrogen) atoms. The maximum Gasteiger partial charge on any atom is 0.136 e. The van der Waals surface area contributed by atoms with Gasteiger partial charge in [-0.2, -0.15) is 0 Å². The molecule has 0 amide bonds. The first-order valence-corrected chi connectivity index (χ1v) is 8.12. The second-order valence-electron chi connectivity index (χ2n) is 6.84. The molecular weight excluding hydrogens is 248 g/mol. The number of rotatable bonds is 5. The van der Waals surface area contributed by atoms with Crippen molar-refractivity contribution in [2.24, 2.45) is 17.8 Å². The minimum absolute atomic E-state index is 0.603. The van der Waals surface area contributed by atoms with Gasteiger partial charge in [0.1, 0.15) is 17.5 Å². The molecule has 2 bridgehead atoms. The van der Waals surface area contributed by atoms with E-state index in [1.54, 1.807) is 0 Å². The van der Waals surface area contributed by atoms with Crippen molar-refractivity contribution in [3.8, 4) is 0 Å². The van der Waals surface area contributed by atoms with E-state index in [2.05, 4.69) is 15.6 Å². The highest BCUT2D eigenvalue weighted by atomic mass is 15.1. The lowest BCUT2D eigenvalue weighted by Crippen LogP contribution is -2.20. The summed E-state index contributed by atoms with van der Waals surface area (Å²) in [5.74, 6) is 6.43. The van der Waals surface area contributed by atoms with E-state index in [1.807, 2.05) is 13.1 Å². The van der Waals surface area contributed by atoms with Gasteiger partial charge in [0.15, 0.2) is 0 Å². The first-order chi connectivity index (χ1) is 9.81. The lowest BCUT2D eigenvalue weighted by Gasteiger charge is -2.22. The molecule has 0 aliphatic heterocycles. The maximum atomic E-state index is 4.70. The fourth-order valence-electron chi connectivity index (χ4n) is 4.07. The summed E-state index contributed by atoms with van der Waals surface area (Å²) < 4.78 is 0. The fraction of sp³-hybridized carbons (Fsp3) is 0.750. The molecule has 4 rings (SSSR count). The predicted molar refractivity (Wildman–Crippen MR) is 81.0 cm³/mol. The molecule has 0 saturated heterocycles. The molecule has 3 aliphatic carbocycles. The van der Waals surface area contributed by atoms with Crippen LogP contribution in [0, 0.1) is 17.8 Å². The zero-order chi connectivity index (χ0) is 13.5. The number of fused-ring (bicyclic) bond motifs is 2. The fourth-order valence-corrected chi connectivity index (χ4v) is 4.07. The van der Waals surface area contributed by atoms with E-state index < -0.39 is 0 Å². The normalized spacial score (nSPS) is 31.6. The molecule has 1 heterocycles. The molecular formula is C16H24N4. The van der Waals surface area contributed by atoms with Gasteiger partial charge in [0.2, 0.25) is 0 Å². The Kier molecular flexibility index (Phi) is 3.04. The number of nitrogens with zero attached hydrogens (tertiary/aromatic N) is 2. The molecule has 0 spiro atoms. The van der Waals surface area contributed by atoms with Gasteiger partial charge in [0.05, 0.1) is 0 Å². The molecule has 3 aliphatic rings. The topological polar surface area (TPSA) is 49.8 Å². The van der Waals surface area contributed by atoms with Crippen molar-refractivity contribution >= 4 is 11.6 Å². The third-order valence-corrected chi connectivity index (χ3v) is 5.37. The van der Waals surface area contributed by atoms with Crippen LogP contribution in [0.4, 0.5) is 11.6 Å². The smallest absolute Gasteiger partial charge is 0.136 e. The van der Waals surface area contributed by atoms with Crippen molar-refractivity contribution in [2.75, 3.05) is 24.2 Å². The van der Waals surface area contributed by atoms with E-state index >= 15 is 0 Å². The molecule has 1 aromatic rings. The Bertz CT molecular complexity index is 497. The summed E-state index contributed by atoms with van der Waals surface area (Å²) in [5, 5.41) is 6.73. The molecule has 1 aromatic heterocycles.